The predicted octanol–water partition coefficient (Wildman–Crippen LogP) is 5.15. The molecule has 0 unspecified atom stereocenters. The van der Waals surface area contributed by atoms with E-state index in [4.69, 9.17) is 14.2 Å². The molecule has 1 N–H and O–H groups in total. The molecule has 0 aliphatic carbocycles. The molecule has 0 fully saturated rings. The second-order valence-electron chi connectivity index (χ2n) is 6.37. The van der Waals surface area contributed by atoms with Gasteiger partial charge < -0.3 is 19.5 Å². The minimum atomic E-state index is -0.184. The topological polar surface area (TPSA) is 56.8 Å². The van der Waals surface area contributed by atoms with Gasteiger partial charge in [0, 0.05) is 17.9 Å². The maximum absolute atomic E-state index is 12.5. The first-order valence-corrected chi connectivity index (χ1v) is 9.83. The van der Waals surface area contributed by atoms with Crippen molar-refractivity contribution < 1.29 is 19.0 Å². The number of carbonyl (C=O) groups is 1. The fourth-order valence-electron chi connectivity index (χ4n) is 2.22. The van der Waals surface area contributed by atoms with Crippen molar-refractivity contribution in [3.05, 3.63) is 52.5 Å². The summed E-state index contributed by atoms with van der Waals surface area (Å²) in [6.07, 6.45) is 0. The zero-order valence-corrected chi connectivity index (χ0v) is 17.5. The van der Waals surface area contributed by atoms with Crippen LogP contribution in [0.1, 0.15) is 31.1 Å². The average Bonchev–Trinajstić information content (AvgIpc) is 2.65. The monoisotopic (exact) mass is 435 g/mol. The summed E-state index contributed by atoms with van der Waals surface area (Å²) < 4.78 is 17.3. The number of benzene rings is 2. The van der Waals surface area contributed by atoms with Crippen LogP contribution in [0, 0.1) is 5.92 Å². The van der Waals surface area contributed by atoms with Crippen molar-refractivity contribution in [3.63, 3.8) is 0 Å². The molecule has 0 aliphatic rings. The molecule has 0 saturated heterocycles. The summed E-state index contributed by atoms with van der Waals surface area (Å²) in [5, 5.41) is 2.88. The standard InChI is InChI=1S/C21H26BrNO4/c1-4-25-11-12-26-18-8-6-17(7-9-18)23-21(24)16-5-10-20(19(22)13-16)27-14-15(2)3/h5-10,13,15H,4,11-12,14H2,1-3H3,(H,23,24). The Labute approximate surface area is 169 Å². The van der Waals surface area contributed by atoms with E-state index in [1.807, 2.05) is 31.2 Å². The molecule has 0 aliphatic heterocycles. The molecule has 2 aromatic carbocycles. The molecule has 5 nitrogen and oxygen atoms in total. The van der Waals surface area contributed by atoms with Crippen molar-refractivity contribution in [2.24, 2.45) is 5.92 Å². The Kier molecular flexibility index (Phi) is 8.61. The summed E-state index contributed by atoms with van der Waals surface area (Å²) in [7, 11) is 0. The molecular weight excluding hydrogens is 410 g/mol. The number of halogens is 1. The predicted molar refractivity (Wildman–Crippen MR) is 111 cm³/mol. The minimum Gasteiger partial charge on any atom is -0.492 e. The Morgan fingerprint density at radius 1 is 1.07 bits per heavy atom. The summed E-state index contributed by atoms with van der Waals surface area (Å²) in [5.41, 5.74) is 1.25. The van der Waals surface area contributed by atoms with Crippen molar-refractivity contribution in [3.8, 4) is 11.5 Å². The van der Waals surface area contributed by atoms with Crippen LogP contribution in [0.2, 0.25) is 0 Å². The lowest BCUT2D eigenvalue weighted by atomic mass is 10.2. The van der Waals surface area contributed by atoms with Crippen LogP contribution in [0.4, 0.5) is 5.69 Å². The molecule has 0 bridgehead atoms. The molecule has 27 heavy (non-hydrogen) atoms. The summed E-state index contributed by atoms with van der Waals surface area (Å²) in [5.74, 6) is 1.72. The number of anilines is 1. The summed E-state index contributed by atoms with van der Waals surface area (Å²) in [6, 6.07) is 12.6. The molecule has 0 spiro atoms. The van der Waals surface area contributed by atoms with Crippen molar-refractivity contribution >= 4 is 27.5 Å². The van der Waals surface area contributed by atoms with E-state index in [1.54, 1.807) is 18.2 Å². The summed E-state index contributed by atoms with van der Waals surface area (Å²) in [4.78, 5) is 12.5. The fraction of sp³-hybridized carbons (Fsp3) is 0.381. The first kappa shape index (κ1) is 21.3. The second kappa shape index (κ2) is 10.9. The Balaban J connectivity index is 1.91. The van der Waals surface area contributed by atoms with Gasteiger partial charge in [-0.3, -0.25) is 4.79 Å². The number of hydrogen-bond acceptors (Lipinski definition) is 4. The van der Waals surface area contributed by atoms with Crippen LogP contribution in [0.25, 0.3) is 0 Å². The van der Waals surface area contributed by atoms with Gasteiger partial charge in [0.2, 0.25) is 0 Å². The van der Waals surface area contributed by atoms with Gasteiger partial charge >= 0.3 is 0 Å². The molecule has 0 saturated carbocycles. The second-order valence-corrected chi connectivity index (χ2v) is 7.23. The van der Waals surface area contributed by atoms with Gasteiger partial charge in [0.1, 0.15) is 18.1 Å². The highest BCUT2D eigenvalue weighted by Crippen LogP contribution is 2.27. The Morgan fingerprint density at radius 2 is 1.81 bits per heavy atom. The first-order valence-electron chi connectivity index (χ1n) is 9.04. The number of amides is 1. The number of nitrogens with one attached hydrogen (secondary N) is 1. The third-order valence-electron chi connectivity index (χ3n) is 3.58. The van der Waals surface area contributed by atoms with E-state index in [9.17, 15) is 4.79 Å². The van der Waals surface area contributed by atoms with Gasteiger partial charge in [-0.1, -0.05) is 13.8 Å². The molecule has 0 radical (unpaired) electrons. The molecule has 0 atom stereocenters. The van der Waals surface area contributed by atoms with Gasteiger partial charge in [-0.05, 0) is 71.2 Å². The molecule has 0 aromatic heterocycles. The zero-order chi connectivity index (χ0) is 19.6. The van der Waals surface area contributed by atoms with Crippen molar-refractivity contribution in [2.45, 2.75) is 20.8 Å². The Bertz CT molecular complexity index is 731. The Morgan fingerprint density at radius 3 is 2.44 bits per heavy atom. The highest BCUT2D eigenvalue weighted by molar-refractivity contribution is 9.10. The maximum Gasteiger partial charge on any atom is 0.255 e. The number of hydrogen-bond donors (Lipinski definition) is 1. The Hall–Kier alpha value is -2.05. The first-order chi connectivity index (χ1) is 13.0. The number of carbonyl (C=O) groups excluding carboxylic acids is 1. The molecule has 6 heteroatoms. The van der Waals surface area contributed by atoms with Crippen molar-refractivity contribution in [2.75, 3.05) is 31.7 Å². The lowest BCUT2D eigenvalue weighted by Crippen LogP contribution is -2.12. The van der Waals surface area contributed by atoms with Gasteiger partial charge in [-0.25, -0.2) is 0 Å². The summed E-state index contributed by atoms with van der Waals surface area (Å²) >= 11 is 3.46. The van der Waals surface area contributed by atoms with Gasteiger partial charge in [0.05, 0.1) is 17.7 Å². The van der Waals surface area contributed by atoms with Crippen LogP contribution in [-0.2, 0) is 4.74 Å². The third kappa shape index (κ3) is 7.23. The number of ether oxygens (including phenoxy) is 3. The molecule has 146 valence electrons. The van der Waals surface area contributed by atoms with Crippen LogP contribution >= 0.6 is 15.9 Å². The highest BCUT2D eigenvalue weighted by Gasteiger charge is 2.10. The smallest absolute Gasteiger partial charge is 0.255 e. The van der Waals surface area contributed by atoms with E-state index in [2.05, 4.69) is 35.1 Å². The van der Waals surface area contributed by atoms with Gasteiger partial charge in [-0.2, -0.15) is 0 Å². The van der Waals surface area contributed by atoms with Crippen LogP contribution in [-0.4, -0.2) is 32.3 Å². The van der Waals surface area contributed by atoms with E-state index in [0.29, 0.717) is 43.6 Å². The average molecular weight is 436 g/mol. The van der Waals surface area contributed by atoms with Crippen LogP contribution in [0.15, 0.2) is 46.9 Å². The van der Waals surface area contributed by atoms with Crippen LogP contribution < -0.4 is 14.8 Å². The molecule has 2 rings (SSSR count). The minimum absolute atomic E-state index is 0.184. The van der Waals surface area contributed by atoms with Crippen molar-refractivity contribution in [1.29, 1.82) is 0 Å². The third-order valence-corrected chi connectivity index (χ3v) is 4.20. The van der Waals surface area contributed by atoms with Crippen LogP contribution in [0.3, 0.4) is 0 Å². The lowest BCUT2D eigenvalue weighted by Gasteiger charge is -2.12. The van der Waals surface area contributed by atoms with E-state index in [-0.39, 0.29) is 5.91 Å². The number of rotatable bonds is 10. The fourth-order valence-corrected chi connectivity index (χ4v) is 2.71. The van der Waals surface area contributed by atoms with Crippen LogP contribution in [0.5, 0.6) is 11.5 Å². The molecule has 1 amide bonds. The van der Waals surface area contributed by atoms with E-state index in [1.165, 1.54) is 0 Å². The normalized spacial score (nSPS) is 10.7. The molecule has 2 aromatic rings. The molecular formula is C21H26BrNO4. The van der Waals surface area contributed by atoms with E-state index in [0.717, 1.165) is 16.0 Å². The summed E-state index contributed by atoms with van der Waals surface area (Å²) in [6.45, 7) is 8.48. The largest absolute Gasteiger partial charge is 0.492 e. The lowest BCUT2D eigenvalue weighted by molar-refractivity contribution is 0.102. The quantitative estimate of drug-likeness (QED) is 0.524. The van der Waals surface area contributed by atoms with E-state index >= 15 is 0 Å². The zero-order valence-electron chi connectivity index (χ0n) is 16.0. The SMILES string of the molecule is CCOCCOc1ccc(NC(=O)c2ccc(OCC(C)C)c(Br)c2)cc1. The maximum atomic E-state index is 12.5. The van der Waals surface area contributed by atoms with Gasteiger partial charge in [0.15, 0.2) is 0 Å². The van der Waals surface area contributed by atoms with Crippen molar-refractivity contribution in [1.82, 2.24) is 0 Å². The van der Waals surface area contributed by atoms with Gasteiger partial charge in [0.25, 0.3) is 5.91 Å². The van der Waals surface area contributed by atoms with E-state index < -0.39 is 0 Å². The highest BCUT2D eigenvalue weighted by atomic mass is 79.9. The molecule has 0 heterocycles. The van der Waals surface area contributed by atoms with Gasteiger partial charge in [-0.15, -0.1) is 0 Å².